The predicted octanol–water partition coefficient (Wildman–Crippen LogP) is 2.50. The Morgan fingerprint density at radius 3 is 2.47 bits per heavy atom. The molecule has 2 heterocycles. The molecule has 1 aromatic rings. The van der Waals surface area contributed by atoms with Gasteiger partial charge in [-0.2, -0.15) is 5.06 Å². The van der Waals surface area contributed by atoms with Crippen molar-refractivity contribution in [2.24, 2.45) is 17.8 Å². The fourth-order valence-corrected chi connectivity index (χ4v) is 7.42. The lowest BCUT2D eigenvalue weighted by Crippen LogP contribution is -2.60. The zero-order valence-corrected chi connectivity index (χ0v) is 20.8. The Morgan fingerprint density at radius 2 is 1.85 bits per heavy atom. The molecule has 6 atom stereocenters. The third-order valence-corrected chi connectivity index (χ3v) is 9.44. The number of ether oxygens (including phenoxy) is 1. The van der Waals surface area contributed by atoms with Gasteiger partial charge in [0, 0.05) is 5.92 Å². The minimum atomic E-state index is -1.96. The van der Waals surface area contributed by atoms with Gasteiger partial charge in [0.2, 0.25) is 0 Å². The molecule has 2 aliphatic heterocycles. The second kappa shape index (κ2) is 7.68. The molecule has 0 spiro atoms. The summed E-state index contributed by atoms with van der Waals surface area (Å²) in [6, 6.07) is 4.49. The molecular formula is C22H19BrCl2N2O7. The van der Waals surface area contributed by atoms with Crippen LogP contribution in [-0.4, -0.2) is 66.2 Å². The average molecular weight is 574 g/mol. The van der Waals surface area contributed by atoms with E-state index in [-0.39, 0.29) is 34.9 Å². The number of fused-ring (bicyclic) bond motifs is 4. The molecule has 0 bridgehead atoms. The van der Waals surface area contributed by atoms with Crippen LogP contribution in [0.2, 0.25) is 0 Å². The summed E-state index contributed by atoms with van der Waals surface area (Å²) in [7, 11) is 1.39. The first-order chi connectivity index (χ1) is 16.0. The highest BCUT2D eigenvalue weighted by molar-refractivity contribution is 9.09. The van der Waals surface area contributed by atoms with Crippen LogP contribution >= 0.6 is 39.1 Å². The van der Waals surface area contributed by atoms with Gasteiger partial charge in [-0.15, -0.1) is 23.2 Å². The summed E-state index contributed by atoms with van der Waals surface area (Å²) in [5, 5.41) is 20.6. The summed E-state index contributed by atoms with van der Waals surface area (Å²) in [6.07, 6.45) is 1.70. The third kappa shape index (κ3) is 2.71. The highest BCUT2D eigenvalue weighted by Crippen LogP contribution is 2.65. The smallest absolute Gasteiger partial charge is 0.257 e. The Morgan fingerprint density at radius 1 is 1.15 bits per heavy atom. The molecule has 5 rings (SSSR count). The summed E-state index contributed by atoms with van der Waals surface area (Å²) < 4.78 is 5.12. The lowest BCUT2D eigenvalue weighted by Gasteiger charge is -2.50. The van der Waals surface area contributed by atoms with E-state index in [1.165, 1.54) is 19.2 Å². The summed E-state index contributed by atoms with van der Waals surface area (Å²) in [6.45, 7) is 0. The van der Waals surface area contributed by atoms with Gasteiger partial charge in [-0.05, 0) is 36.5 Å². The third-order valence-electron chi connectivity index (χ3n) is 7.53. The van der Waals surface area contributed by atoms with E-state index in [1.54, 1.807) is 12.1 Å². The second-order valence-corrected chi connectivity index (χ2v) is 10.6. The number of alkyl halides is 3. The zero-order chi connectivity index (χ0) is 24.7. The summed E-state index contributed by atoms with van der Waals surface area (Å²) in [5.41, 5.74) is 0.820. The molecular weight excluding hydrogens is 555 g/mol. The van der Waals surface area contributed by atoms with Crippen LogP contribution in [-0.2, 0) is 19.2 Å². The standard InChI is InChI=1S/C22H19BrCl2N2O7/c1-34-14-5-2-9(6-13(14)28)16-10-3-4-11-15(18(30)27(33)17(11)29)12(10)7-21(24)19(31)26(8-23)20(32)22(16,21)25/h2-3,5-6,11-12,15-16,28,33H,4,7-8H2,1H3/t11-,12+,15-,16-,21+,22-/m0/s1. The molecule has 4 aliphatic rings. The largest absolute Gasteiger partial charge is 0.504 e. The van der Waals surface area contributed by atoms with Gasteiger partial charge in [-0.25, -0.2) is 0 Å². The lowest BCUT2D eigenvalue weighted by atomic mass is 9.56. The van der Waals surface area contributed by atoms with E-state index in [0.29, 0.717) is 11.1 Å². The summed E-state index contributed by atoms with van der Waals surface area (Å²) >= 11 is 17.2. The van der Waals surface area contributed by atoms with Gasteiger partial charge in [-0.3, -0.25) is 29.3 Å². The van der Waals surface area contributed by atoms with Crippen LogP contribution < -0.4 is 4.74 Å². The topological polar surface area (TPSA) is 124 Å². The Kier molecular flexibility index (Phi) is 5.33. The fourth-order valence-electron chi connectivity index (χ4n) is 6.00. The molecule has 2 N–H and O–H groups in total. The first kappa shape index (κ1) is 23.6. The van der Waals surface area contributed by atoms with Crippen molar-refractivity contribution in [3.8, 4) is 11.5 Å². The highest BCUT2D eigenvalue weighted by Gasteiger charge is 2.76. The van der Waals surface area contributed by atoms with Gasteiger partial charge in [0.05, 0.1) is 24.4 Å². The average Bonchev–Trinajstić information content (AvgIpc) is 3.12. The molecule has 9 nitrogen and oxygen atoms in total. The van der Waals surface area contributed by atoms with E-state index >= 15 is 0 Å². The van der Waals surface area contributed by atoms with Crippen LogP contribution in [0.4, 0.5) is 0 Å². The molecule has 1 saturated carbocycles. The SMILES string of the molecule is COc1ccc([C@H]2C3=CC[C@@H]4C(=O)N(O)C(=O)[C@@H]4[C@@H]3C[C@@]3(Cl)C(=O)N(CBr)C(=O)[C@@]23Cl)cc1O. The zero-order valence-electron chi connectivity index (χ0n) is 17.7. The van der Waals surface area contributed by atoms with Crippen molar-refractivity contribution in [2.45, 2.75) is 28.5 Å². The molecule has 4 amide bonds. The number of rotatable bonds is 3. The van der Waals surface area contributed by atoms with Crippen molar-refractivity contribution in [3.63, 3.8) is 0 Å². The maximum absolute atomic E-state index is 13.5. The number of methoxy groups -OCH3 is 1. The van der Waals surface area contributed by atoms with Crippen molar-refractivity contribution < 1.29 is 34.2 Å². The monoisotopic (exact) mass is 572 g/mol. The number of likely N-dealkylation sites (tertiary alicyclic amines) is 1. The van der Waals surface area contributed by atoms with E-state index in [2.05, 4.69) is 15.9 Å². The van der Waals surface area contributed by atoms with Crippen LogP contribution in [0.25, 0.3) is 0 Å². The number of allylic oxidation sites excluding steroid dienone is 2. The van der Waals surface area contributed by atoms with Gasteiger partial charge < -0.3 is 9.84 Å². The molecule has 0 unspecified atom stereocenters. The van der Waals surface area contributed by atoms with Crippen molar-refractivity contribution in [1.82, 2.24) is 9.96 Å². The van der Waals surface area contributed by atoms with Crippen LogP contribution in [0.3, 0.4) is 0 Å². The van der Waals surface area contributed by atoms with Crippen LogP contribution in [0.1, 0.15) is 24.3 Å². The van der Waals surface area contributed by atoms with Gasteiger partial charge in [-0.1, -0.05) is 33.6 Å². The molecule has 12 heteroatoms. The molecule has 0 aromatic heterocycles. The minimum Gasteiger partial charge on any atom is -0.504 e. The Bertz CT molecular complexity index is 1190. The maximum atomic E-state index is 13.5. The van der Waals surface area contributed by atoms with Gasteiger partial charge in [0.25, 0.3) is 23.6 Å². The number of hydrogen-bond donors (Lipinski definition) is 2. The van der Waals surface area contributed by atoms with E-state index in [1.807, 2.05) is 0 Å². The normalized spacial score (nSPS) is 36.9. The molecule has 0 radical (unpaired) electrons. The molecule has 3 fully saturated rings. The number of imide groups is 2. The lowest BCUT2D eigenvalue weighted by molar-refractivity contribution is -0.173. The van der Waals surface area contributed by atoms with Gasteiger partial charge in [0.1, 0.15) is 0 Å². The first-order valence-electron chi connectivity index (χ1n) is 10.5. The quantitative estimate of drug-likeness (QED) is 0.187. The first-order valence-corrected chi connectivity index (χ1v) is 12.3. The summed E-state index contributed by atoms with van der Waals surface area (Å²) in [4.78, 5) is 49.3. The number of phenols is 1. The maximum Gasteiger partial charge on any atom is 0.257 e. The number of amides is 4. The molecule has 180 valence electrons. The number of halogens is 3. The fraction of sp³-hybridized carbons (Fsp3) is 0.455. The molecule has 34 heavy (non-hydrogen) atoms. The van der Waals surface area contributed by atoms with E-state index in [0.717, 1.165) is 4.90 Å². The highest BCUT2D eigenvalue weighted by atomic mass is 79.9. The Labute approximate surface area is 212 Å². The number of carbonyl (C=O) groups is 4. The van der Waals surface area contributed by atoms with Gasteiger partial charge >= 0.3 is 0 Å². The van der Waals surface area contributed by atoms with Crippen LogP contribution in [0, 0.1) is 17.8 Å². The molecule has 2 aliphatic carbocycles. The minimum absolute atomic E-state index is 0.121. The summed E-state index contributed by atoms with van der Waals surface area (Å²) in [5.74, 6) is -6.43. The number of phenolic OH excluding ortho intramolecular Hbond substituents is 1. The number of hydrogen-bond acceptors (Lipinski definition) is 7. The van der Waals surface area contributed by atoms with Crippen LogP contribution in [0.15, 0.2) is 29.8 Å². The van der Waals surface area contributed by atoms with E-state index in [4.69, 9.17) is 27.9 Å². The predicted molar refractivity (Wildman–Crippen MR) is 122 cm³/mol. The number of nitrogens with zero attached hydrogens (tertiary/aromatic N) is 2. The molecule has 1 aromatic carbocycles. The van der Waals surface area contributed by atoms with Gasteiger partial charge in [0.15, 0.2) is 21.2 Å². The second-order valence-electron chi connectivity index (χ2n) is 8.91. The molecule has 2 saturated heterocycles. The Balaban J connectivity index is 1.75. The number of aromatic hydroxyl groups is 1. The Hall–Kier alpha value is -2.14. The van der Waals surface area contributed by atoms with E-state index in [9.17, 15) is 29.5 Å². The van der Waals surface area contributed by atoms with Crippen molar-refractivity contribution in [2.75, 3.05) is 12.6 Å². The van der Waals surface area contributed by atoms with Crippen molar-refractivity contribution in [1.29, 1.82) is 0 Å². The van der Waals surface area contributed by atoms with E-state index < -0.39 is 57.0 Å². The number of carbonyl (C=O) groups excluding carboxylic acids is 4. The van der Waals surface area contributed by atoms with Crippen molar-refractivity contribution in [3.05, 3.63) is 35.4 Å². The number of hydroxylamine groups is 2. The van der Waals surface area contributed by atoms with Crippen LogP contribution in [0.5, 0.6) is 11.5 Å². The van der Waals surface area contributed by atoms with Crippen molar-refractivity contribution >= 4 is 62.8 Å². The number of benzene rings is 1.